The van der Waals surface area contributed by atoms with Crippen LogP contribution in [-0.4, -0.2) is 76.1 Å². The number of imidazole rings is 1. The maximum absolute atomic E-state index is 13.2. The molecule has 2 aliphatic heterocycles. The molecule has 154 valence electrons. The van der Waals surface area contributed by atoms with Crippen molar-refractivity contribution in [1.29, 1.82) is 0 Å². The molecule has 2 aromatic rings. The van der Waals surface area contributed by atoms with Crippen molar-refractivity contribution in [1.82, 2.24) is 23.7 Å². The highest BCUT2D eigenvalue weighted by molar-refractivity contribution is 7.89. The monoisotopic (exact) mass is 417 g/mol. The average Bonchev–Trinajstić information content (AvgIpc) is 3.01. The van der Waals surface area contributed by atoms with Crippen molar-refractivity contribution in [3.8, 4) is 0 Å². The van der Waals surface area contributed by atoms with Gasteiger partial charge in [-0.1, -0.05) is 30.3 Å². The Morgan fingerprint density at radius 3 is 2.59 bits per heavy atom. The van der Waals surface area contributed by atoms with Gasteiger partial charge in [-0.2, -0.15) is 4.31 Å². The molecule has 1 aromatic carbocycles. The first-order chi connectivity index (χ1) is 13.9. The molecule has 0 spiro atoms. The van der Waals surface area contributed by atoms with E-state index in [1.165, 1.54) is 26.6 Å². The number of rotatable bonds is 4. The normalized spacial score (nSPS) is 21.2. The van der Waals surface area contributed by atoms with Crippen molar-refractivity contribution in [2.45, 2.75) is 24.0 Å². The van der Waals surface area contributed by atoms with Crippen LogP contribution in [0.15, 0.2) is 47.9 Å². The van der Waals surface area contributed by atoms with Crippen LogP contribution in [0.25, 0.3) is 0 Å². The molecule has 0 bridgehead atoms. The highest BCUT2D eigenvalue weighted by atomic mass is 32.2. The van der Waals surface area contributed by atoms with Gasteiger partial charge >= 0.3 is 0 Å². The minimum atomic E-state index is -3.84. The number of sulfonamides is 1. The number of aryl methyl sites for hydroxylation is 1. The molecule has 2 amide bonds. The molecule has 0 saturated carbocycles. The maximum atomic E-state index is 13.2. The molecule has 0 aliphatic carbocycles. The van der Waals surface area contributed by atoms with Crippen LogP contribution in [0.4, 0.5) is 0 Å². The van der Waals surface area contributed by atoms with E-state index >= 15 is 0 Å². The summed E-state index contributed by atoms with van der Waals surface area (Å²) in [5.41, 5.74) is 0.925. The molecule has 0 radical (unpaired) electrons. The number of piperazine rings is 1. The maximum Gasteiger partial charge on any atom is 0.262 e. The summed E-state index contributed by atoms with van der Waals surface area (Å²) in [6.07, 6.45) is 3.34. The van der Waals surface area contributed by atoms with Crippen LogP contribution in [0.2, 0.25) is 0 Å². The fourth-order valence-electron chi connectivity index (χ4n) is 3.82. The number of nitrogens with zero attached hydrogens (tertiary/aromatic N) is 5. The van der Waals surface area contributed by atoms with Gasteiger partial charge in [-0.25, -0.2) is 13.4 Å². The number of hydrogen-bond acceptors (Lipinski definition) is 5. The van der Waals surface area contributed by atoms with Crippen molar-refractivity contribution in [3.63, 3.8) is 0 Å². The van der Waals surface area contributed by atoms with Gasteiger partial charge in [-0.3, -0.25) is 9.59 Å². The second kappa shape index (κ2) is 7.60. The van der Waals surface area contributed by atoms with Crippen LogP contribution in [0, 0.1) is 0 Å². The third-order valence-corrected chi connectivity index (χ3v) is 7.06. The lowest BCUT2D eigenvalue weighted by Crippen LogP contribution is -2.61. The summed E-state index contributed by atoms with van der Waals surface area (Å²) in [5, 5.41) is -0.0517. The molecule has 2 saturated heterocycles. The Labute approximate surface area is 169 Å². The Kier molecular flexibility index (Phi) is 5.13. The number of benzene rings is 1. The van der Waals surface area contributed by atoms with Gasteiger partial charge < -0.3 is 14.4 Å². The molecule has 9 nitrogen and oxygen atoms in total. The van der Waals surface area contributed by atoms with E-state index in [0.29, 0.717) is 19.5 Å². The quantitative estimate of drug-likeness (QED) is 0.701. The number of carbonyl (C=O) groups excluding carboxylic acids is 2. The van der Waals surface area contributed by atoms with Crippen molar-refractivity contribution in [2.75, 3.05) is 26.2 Å². The first kappa shape index (κ1) is 19.6. The summed E-state index contributed by atoms with van der Waals surface area (Å²) < 4.78 is 28.9. The standard InChI is InChI=1S/C19H23N5O4S/c1-21-12-17(20-14-21)29(27,28)23-8-5-9-24-16(11-23)19(26)22(13-18(24)25)10-15-6-3-2-4-7-15/h2-4,6-7,12,14,16H,5,8-11,13H2,1H3. The van der Waals surface area contributed by atoms with Gasteiger partial charge in [0.1, 0.15) is 12.6 Å². The molecule has 10 heteroatoms. The Morgan fingerprint density at radius 1 is 1.14 bits per heavy atom. The number of carbonyl (C=O) groups is 2. The zero-order valence-electron chi connectivity index (χ0n) is 16.1. The summed E-state index contributed by atoms with van der Waals surface area (Å²) in [6.45, 7) is 0.878. The largest absolute Gasteiger partial charge is 0.339 e. The van der Waals surface area contributed by atoms with E-state index in [1.54, 1.807) is 11.6 Å². The van der Waals surface area contributed by atoms with Gasteiger partial charge in [0.05, 0.1) is 6.33 Å². The van der Waals surface area contributed by atoms with E-state index in [-0.39, 0.29) is 36.5 Å². The summed E-state index contributed by atoms with van der Waals surface area (Å²) in [4.78, 5) is 32.9. The molecule has 1 atom stereocenters. The first-order valence-electron chi connectivity index (χ1n) is 9.46. The summed E-state index contributed by atoms with van der Waals surface area (Å²) in [5.74, 6) is -0.376. The van der Waals surface area contributed by atoms with Crippen molar-refractivity contribution >= 4 is 21.8 Å². The van der Waals surface area contributed by atoms with Crippen molar-refractivity contribution < 1.29 is 18.0 Å². The highest BCUT2D eigenvalue weighted by Gasteiger charge is 2.43. The van der Waals surface area contributed by atoms with Gasteiger partial charge in [0.25, 0.3) is 10.0 Å². The summed E-state index contributed by atoms with van der Waals surface area (Å²) in [7, 11) is -2.14. The Balaban J connectivity index is 1.58. The van der Waals surface area contributed by atoms with Gasteiger partial charge in [0, 0.05) is 39.4 Å². The zero-order chi connectivity index (χ0) is 20.6. The molecule has 1 unspecified atom stereocenters. The van der Waals surface area contributed by atoms with Gasteiger partial charge in [-0.15, -0.1) is 0 Å². The zero-order valence-corrected chi connectivity index (χ0v) is 17.0. The lowest BCUT2D eigenvalue weighted by atomic mass is 10.1. The first-order valence-corrected chi connectivity index (χ1v) is 10.9. The van der Waals surface area contributed by atoms with Crippen LogP contribution in [-0.2, 0) is 33.2 Å². The van der Waals surface area contributed by atoms with Gasteiger partial charge in [0.2, 0.25) is 11.8 Å². The minimum Gasteiger partial charge on any atom is -0.339 e. The van der Waals surface area contributed by atoms with Crippen LogP contribution < -0.4 is 0 Å². The van der Waals surface area contributed by atoms with Gasteiger partial charge in [0.15, 0.2) is 5.03 Å². The third kappa shape index (κ3) is 3.77. The average molecular weight is 417 g/mol. The third-order valence-electron chi connectivity index (χ3n) is 5.30. The SMILES string of the molecule is Cn1cnc(S(=O)(=O)N2CCCN3C(=O)CN(Cc4ccccc4)C(=O)C3C2)c1. The predicted molar refractivity (Wildman–Crippen MR) is 104 cm³/mol. The molecule has 2 aliphatic rings. The lowest BCUT2D eigenvalue weighted by Gasteiger charge is -2.39. The molecular weight excluding hydrogens is 394 g/mol. The Morgan fingerprint density at radius 2 is 1.90 bits per heavy atom. The Bertz CT molecular complexity index is 1020. The topological polar surface area (TPSA) is 95.8 Å². The predicted octanol–water partition coefficient (Wildman–Crippen LogP) is 0.0541. The van der Waals surface area contributed by atoms with Gasteiger partial charge in [-0.05, 0) is 12.0 Å². The summed E-state index contributed by atoms with van der Waals surface area (Å²) in [6, 6.07) is 8.63. The number of hydrogen-bond donors (Lipinski definition) is 0. The molecule has 1 aromatic heterocycles. The molecule has 0 N–H and O–H groups in total. The van der Waals surface area contributed by atoms with Crippen molar-refractivity contribution in [2.24, 2.45) is 7.05 Å². The second-order valence-corrected chi connectivity index (χ2v) is 9.26. The number of aromatic nitrogens is 2. The van der Waals surface area contributed by atoms with E-state index < -0.39 is 16.1 Å². The number of amides is 2. The number of fused-ring (bicyclic) bond motifs is 1. The molecule has 2 fully saturated rings. The molecular formula is C19H23N5O4S. The lowest BCUT2D eigenvalue weighted by molar-refractivity contribution is -0.156. The Hall–Kier alpha value is -2.72. The molecule has 3 heterocycles. The van der Waals surface area contributed by atoms with E-state index in [2.05, 4.69) is 4.98 Å². The smallest absolute Gasteiger partial charge is 0.262 e. The summed E-state index contributed by atoms with van der Waals surface area (Å²) >= 11 is 0. The fraction of sp³-hybridized carbons (Fsp3) is 0.421. The highest BCUT2D eigenvalue weighted by Crippen LogP contribution is 2.23. The van der Waals surface area contributed by atoms with Crippen LogP contribution in [0.3, 0.4) is 0 Å². The molecule has 4 rings (SSSR count). The van der Waals surface area contributed by atoms with E-state index in [0.717, 1.165) is 5.56 Å². The van der Waals surface area contributed by atoms with Crippen molar-refractivity contribution in [3.05, 3.63) is 48.4 Å². The van der Waals surface area contributed by atoms with Crippen LogP contribution in [0.1, 0.15) is 12.0 Å². The van der Waals surface area contributed by atoms with E-state index in [9.17, 15) is 18.0 Å². The van der Waals surface area contributed by atoms with E-state index in [4.69, 9.17) is 0 Å². The van der Waals surface area contributed by atoms with Crippen LogP contribution >= 0.6 is 0 Å². The fourth-order valence-corrected chi connectivity index (χ4v) is 5.27. The minimum absolute atomic E-state index is 0.0111. The molecule has 29 heavy (non-hydrogen) atoms. The van der Waals surface area contributed by atoms with E-state index in [1.807, 2.05) is 30.3 Å². The second-order valence-electron chi connectivity index (χ2n) is 7.38. The van der Waals surface area contributed by atoms with Crippen LogP contribution in [0.5, 0.6) is 0 Å².